The Balaban J connectivity index is 1.41. The molecule has 240 valence electrons. The molecule has 13 heteroatoms. The van der Waals surface area contributed by atoms with Gasteiger partial charge < -0.3 is 19.1 Å². The molecule has 0 radical (unpaired) electrons. The van der Waals surface area contributed by atoms with Gasteiger partial charge >= 0.3 is 11.7 Å². The molecule has 47 heavy (non-hydrogen) atoms. The number of halogens is 1. The lowest BCUT2D eigenvalue weighted by Gasteiger charge is -2.20. The van der Waals surface area contributed by atoms with Crippen molar-refractivity contribution in [3.05, 3.63) is 115 Å². The van der Waals surface area contributed by atoms with Crippen LogP contribution in [-0.2, 0) is 29.0 Å². The van der Waals surface area contributed by atoms with Crippen LogP contribution in [0.25, 0.3) is 32.7 Å². The molecule has 11 nitrogen and oxygen atoms in total. The summed E-state index contributed by atoms with van der Waals surface area (Å²) in [4.78, 5) is 44.9. The van der Waals surface area contributed by atoms with E-state index in [1.54, 1.807) is 66.7 Å². The number of nitrogens with zero attached hydrogens (tertiary/aromatic N) is 4. The molecule has 0 spiro atoms. The highest BCUT2D eigenvalue weighted by Crippen LogP contribution is 2.32. The molecule has 0 bridgehead atoms. The van der Waals surface area contributed by atoms with E-state index in [0.717, 1.165) is 9.44 Å². The maximum Gasteiger partial charge on any atom is 0.332 e. The average molecular weight is 656 g/mol. The molecule has 0 saturated carbocycles. The molecule has 0 amide bonds. The summed E-state index contributed by atoms with van der Waals surface area (Å²) in [6.45, 7) is 2.77. The van der Waals surface area contributed by atoms with E-state index in [4.69, 9.17) is 9.47 Å². The first kappa shape index (κ1) is 31.4. The highest BCUT2D eigenvalue weighted by molar-refractivity contribution is 7.18. The van der Waals surface area contributed by atoms with Crippen LogP contribution in [-0.4, -0.2) is 32.4 Å². The third kappa shape index (κ3) is 6.29. The fourth-order valence-corrected chi connectivity index (χ4v) is 6.46. The molecule has 1 unspecified atom stereocenters. The summed E-state index contributed by atoms with van der Waals surface area (Å²) in [6.07, 6.45) is -1.16. The largest absolute Gasteiger partial charge is 0.528 e. The van der Waals surface area contributed by atoms with Gasteiger partial charge in [-0.2, -0.15) is 5.16 Å². The van der Waals surface area contributed by atoms with Crippen LogP contribution < -0.4 is 21.1 Å². The van der Waals surface area contributed by atoms with Crippen LogP contribution in [0.3, 0.4) is 0 Å². The SMILES string of the molecule is CCc1cc2c(=O)n(CC(OC(C)=O)c3ccc(OC)cc3)c(=O)n(Cc3ccc(-c4ccccc4-c4noc([O-])n4)cc3F)c2s1. The lowest BCUT2D eigenvalue weighted by Crippen LogP contribution is -2.41. The van der Waals surface area contributed by atoms with Crippen LogP contribution in [0.2, 0.25) is 0 Å². The Morgan fingerprint density at radius 2 is 1.79 bits per heavy atom. The van der Waals surface area contributed by atoms with Crippen LogP contribution in [0.1, 0.15) is 36.0 Å². The fraction of sp³-hybridized carbons (Fsp3) is 0.206. The zero-order valence-corrected chi connectivity index (χ0v) is 26.4. The molecule has 6 aromatic rings. The van der Waals surface area contributed by atoms with Gasteiger partial charge in [0.05, 0.1) is 25.6 Å². The van der Waals surface area contributed by atoms with Gasteiger partial charge in [0.2, 0.25) is 0 Å². The monoisotopic (exact) mass is 655 g/mol. The number of hydrogen-bond acceptors (Lipinski definition) is 10. The van der Waals surface area contributed by atoms with Crippen molar-refractivity contribution in [3.63, 3.8) is 0 Å². The minimum absolute atomic E-state index is 0.0809. The third-order valence-electron chi connectivity index (χ3n) is 7.71. The maximum atomic E-state index is 15.8. The third-order valence-corrected chi connectivity index (χ3v) is 9.01. The summed E-state index contributed by atoms with van der Waals surface area (Å²) in [5, 5.41) is 15.5. The van der Waals surface area contributed by atoms with Crippen molar-refractivity contribution in [3.8, 4) is 34.3 Å². The minimum atomic E-state index is -0.952. The Bertz CT molecular complexity index is 2220. The summed E-state index contributed by atoms with van der Waals surface area (Å²) in [5.41, 5.74) is 1.13. The number of rotatable bonds is 10. The van der Waals surface area contributed by atoms with Crippen molar-refractivity contribution in [2.75, 3.05) is 7.11 Å². The van der Waals surface area contributed by atoms with Crippen molar-refractivity contribution >= 4 is 27.5 Å². The molecule has 0 aliphatic heterocycles. The summed E-state index contributed by atoms with van der Waals surface area (Å²) in [5.74, 6) is -0.501. The van der Waals surface area contributed by atoms with E-state index >= 15 is 4.39 Å². The van der Waals surface area contributed by atoms with Crippen molar-refractivity contribution in [1.29, 1.82) is 0 Å². The first-order valence-corrected chi connectivity index (χ1v) is 15.4. The van der Waals surface area contributed by atoms with E-state index in [2.05, 4.69) is 14.7 Å². The molecule has 6 rings (SSSR count). The predicted molar refractivity (Wildman–Crippen MR) is 171 cm³/mol. The number of carbonyl (C=O) groups is 1. The smallest absolute Gasteiger partial charge is 0.332 e. The fourth-order valence-electron chi connectivity index (χ4n) is 5.38. The van der Waals surface area contributed by atoms with Crippen LogP contribution in [0, 0.1) is 5.82 Å². The van der Waals surface area contributed by atoms with Gasteiger partial charge in [0.25, 0.3) is 5.56 Å². The Kier molecular flexibility index (Phi) is 8.72. The van der Waals surface area contributed by atoms with E-state index in [1.807, 2.05) is 6.92 Å². The number of aromatic nitrogens is 4. The first-order valence-electron chi connectivity index (χ1n) is 14.6. The van der Waals surface area contributed by atoms with Crippen molar-refractivity contribution < 1.29 is 28.3 Å². The van der Waals surface area contributed by atoms with Gasteiger partial charge in [0.15, 0.2) is 11.9 Å². The molecule has 0 aliphatic rings. The summed E-state index contributed by atoms with van der Waals surface area (Å²) >= 11 is 1.30. The molecule has 0 fully saturated rings. The standard InChI is InChI=1S/C34H29FN4O7S/c1-4-24-16-27-31(41)38(18-29(45-19(2)40)20-11-13-23(44-3)14-12-20)34(43)39(32(27)47-24)17-22-10-9-21(15-28(22)35)25-7-5-6-8-26(25)30-36-33(42)46-37-30/h5-16,29H,4,17-18H2,1-3H3,(H,36,37,42)/p-1. The van der Waals surface area contributed by atoms with Gasteiger partial charge in [-0.05, 0) is 47.4 Å². The molecule has 1 atom stereocenters. The number of fused-ring (bicyclic) bond motifs is 1. The van der Waals surface area contributed by atoms with Gasteiger partial charge in [-0.15, -0.1) is 11.3 Å². The van der Waals surface area contributed by atoms with Gasteiger partial charge in [0, 0.05) is 22.9 Å². The molecule has 3 aromatic carbocycles. The lowest BCUT2D eigenvalue weighted by atomic mass is 9.98. The second-order valence-electron chi connectivity index (χ2n) is 10.7. The molecule has 0 aliphatic carbocycles. The molecule has 3 heterocycles. The van der Waals surface area contributed by atoms with Crippen molar-refractivity contribution in [2.24, 2.45) is 0 Å². The quantitative estimate of drug-likeness (QED) is 0.185. The Morgan fingerprint density at radius 1 is 1.04 bits per heavy atom. The highest BCUT2D eigenvalue weighted by Gasteiger charge is 2.23. The predicted octanol–water partition coefficient (Wildman–Crippen LogP) is 5.08. The van der Waals surface area contributed by atoms with E-state index in [-0.39, 0.29) is 24.5 Å². The average Bonchev–Trinajstić information content (AvgIpc) is 3.71. The lowest BCUT2D eigenvalue weighted by molar-refractivity contribution is -0.303. The minimum Gasteiger partial charge on any atom is -0.528 e. The highest BCUT2D eigenvalue weighted by atomic mass is 32.1. The van der Waals surface area contributed by atoms with Crippen LogP contribution in [0.4, 0.5) is 4.39 Å². The zero-order valence-electron chi connectivity index (χ0n) is 25.6. The Hall–Kier alpha value is -5.56. The Labute approximate surface area is 271 Å². The summed E-state index contributed by atoms with van der Waals surface area (Å²) < 4.78 is 33.6. The number of aryl methyl sites for hydroxylation is 1. The number of carbonyl (C=O) groups excluding carboxylic acids is 1. The number of methoxy groups -OCH3 is 1. The number of hydrogen-bond donors (Lipinski definition) is 0. The van der Waals surface area contributed by atoms with Crippen molar-refractivity contribution in [1.82, 2.24) is 19.3 Å². The van der Waals surface area contributed by atoms with Crippen LogP contribution >= 0.6 is 11.3 Å². The number of thiophene rings is 1. The second-order valence-corrected chi connectivity index (χ2v) is 11.8. The van der Waals surface area contributed by atoms with E-state index in [1.165, 1.54) is 36.0 Å². The van der Waals surface area contributed by atoms with Gasteiger partial charge in [-0.3, -0.25) is 18.7 Å². The van der Waals surface area contributed by atoms with E-state index in [0.29, 0.717) is 44.6 Å². The maximum absolute atomic E-state index is 15.8. The number of benzene rings is 3. The van der Waals surface area contributed by atoms with Crippen molar-refractivity contribution in [2.45, 2.75) is 39.5 Å². The second kappa shape index (κ2) is 13.0. The first-order chi connectivity index (χ1) is 22.7. The molecular formula is C34H28FN4O7S-. The molecule has 0 saturated heterocycles. The number of esters is 1. The zero-order chi connectivity index (χ0) is 33.2. The summed E-state index contributed by atoms with van der Waals surface area (Å²) in [7, 11) is 1.52. The van der Waals surface area contributed by atoms with Crippen LogP contribution in [0.5, 0.6) is 11.8 Å². The number of ether oxygens (including phenoxy) is 2. The van der Waals surface area contributed by atoms with Gasteiger partial charge in [0.1, 0.15) is 22.5 Å². The molecule has 0 N–H and O–H groups in total. The van der Waals surface area contributed by atoms with E-state index < -0.39 is 35.2 Å². The topological polar surface area (TPSA) is 142 Å². The summed E-state index contributed by atoms with van der Waals surface area (Å²) in [6, 6.07) is 20.1. The van der Waals surface area contributed by atoms with Gasteiger partial charge in [-0.1, -0.05) is 55.5 Å². The Morgan fingerprint density at radius 3 is 2.43 bits per heavy atom. The van der Waals surface area contributed by atoms with Crippen LogP contribution in [0.15, 0.2) is 86.9 Å². The van der Waals surface area contributed by atoms with Gasteiger partial charge in [-0.25, -0.2) is 14.2 Å². The normalized spacial score (nSPS) is 11.9. The molecule has 3 aromatic heterocycles. The van der Waals surface area contributed by atoms with E-state index in [9.17, 15) is 19.5 Å². The molecular weight excluding hydrogens is 627 g/mol.